The molecule has 0 unspecified atom stereocenters. The Labute approximate surface area is 91.0 Å². The molecule has 1 aromatic carbocycles. The highest BCUT2D eigenvalue weighted by Crippen LogP contribution is 2.23. The molecule has 0 saturated heterocycles. The van der Waals surface area contributed by atoms with Crippen molar-refractivity contribution in [2.45, 2.75) is 0 Å². The minimum Gasteiger partial charge on any atom is -0.496 e. The van der Waals surface area contributed by atoms with Crippen molar-refractivity contribution < 1.29 is 18.7 Å². The van der Waals surface area contributed by atoms with Crippen LogP contribution in [0.15, 0.2) is 33.7 Å². The summed E-state index contributed by atoms with van der Waals surface area (Å²) in [6.45, 7) is 0. The van der Waals surface area contributed by atoms with Gasteiger partial charge in [-0.15, -0.1) is 0 Å². The molecule has 0 aliphatic heterocycles. The molecule has 0 saturated carbocycles. The van der Waals surface area contributed by atoms with Gasteiger partial charge in [-0.05, 0) is 22.1 Å². The quantitative estimate of drug-likeness (QED) is 0.758. The lowest BCUT2D eigenvalue weighted by Crippen LogP contribution is -2.32. The summed E-state index contributed by atoms with van der Waals surface area (Å²) in [7, 11) is 3.11. The van der Waals surface area contributed by atoms with Crippen LogP contribution in [0.25, 0.3) is 5.69 Å². The van der Waals surface area contributed by atoms with Crippen LogP contribution in [0.5, 0.6) is 11.5 Å². The van der Waals surface area contributed by atoms with E-state index in [0.717, 1.165) is 0 Å². The smallest absolute Gasteiger partial charge is 0.427 e. The first kappa shape index (κ1) is 10.3. The Hall–Kier alpha value is -2.24. The second kappa shape index (κ2) is 4.09. The topological polar surface area (TPSA) is 68.3 Å². The lowest BCUT2D eigenvalue weighted by molar-refractivity contribution is -0.670. The van der Waals surface area contributed by atoms with E-state index in [2.05, 4.69) is 9.79 Å². The summed E-state index contributed by atoms with van der Waals surface area (Å²) in [5.74, 6) is 1.26. The fourth-order valence-electron chi connectivity index (χ4n) is 1.36. The standard InChI is InChI=1S/C10H10N2O4/c1-14-7-3-4-9(15-2)8(5-7)12-6-10(13)16-11-12/h3-6H,1-2H3/p+1. The molecular formula is C10H11N2O4+. The highest BCUT2D eigenvalue weighted by molar-refractivity contribution is 5.45. The average Bonchev–Trinajstić information content (AvgIpc) is 2.75. The Bertz CT molecular complexity index is 544. The second-order valence-corrected chi connectivity index (χ2v) is 3.05. The number of nitrogens with zero attached hydrogens (tertiary/aromatic N) is 1. The van der Waals surface area contributed by atoms with E-state index < -0.39 is 5.63 Å². The molecule has 16 heavy (non-hydrogen) atoms. The first-order valence-electron chi connectivity index (χ1n) is 4.57. The molecule has 2 aromatic rings. The third-order valence-electron chi connectivity index (χ3n) is 2.12. The maximum absolute atomic E-state index is 10.9. The van der Waals surface area contributed by atoms with Gasteiger partial charge in [-0.1, -0.05) is 0 Å². The van der Waals surface area contributed by atoms with Crippen molar-refractivity contribution >= 4 is 0 Å². The van der Waals surface area contributed by atoms with E-state index in [0.29, 0.717) is 17.2 Å². The molecule has 0 fully saturated rings. The normalized spacial score (nSPS) is 10.1. The maximum atomic E-state index is 10.9. The minimum atomic E-state index is -0.468. The van der Waals surface area contributed by atoms with Crippen LogP contribution in [0.2, 0.25) is 0 Å². The molecular weight excluding hydrogens is 212 g/mol. The van der Waals surface area contributed by atoms with E-state index in [-0.39, 0.29) is 0 Å². The molecule has 6 nitrogen and oxygen atoms in total. The van der Waals surface area contributed by atoms with E-state index in [9.17, 15) is 4.79 Å². The number of methoxy groups -OCH3 is 2. The van der Waals surface area contributed by atoms with Crippen LogP contribution in [0, 0.1) is 0 Å². The van der Waals surface area contributed by atoms with Gasteiger partial charge < -0.3 is 9.47 Å². The Morgan fingerprint density at radius 3 is 2.69 bits per heavy atom. The van der Waals surface area contributed by atoms with E-state index >= 15 is 0 Å². The van der Waals surface area contributed by atoms with Crippen molar-refractivity contribution in [1.82, 2.24) is 5.27 Å². The van der Waals surface area contributed by atoms with Gasteiger partial charge in [0.15, 0.2) is 5.75 Å². The molecule has 0 atom stereocenters. The number of nitrogens with one attached hydrogen (secondary N) is 1. The number of aromatic amines is 1. The van der Waals surface area contributed by atoms with E-state index in [1.54, 1.807) is 32.4 Å². The summed E-state index contributed by atoms with van der Waals surface area (Å²) in [4.78, 5) is 10.9. The van der Waals surface area contributed by atoms with Gasteiger partial charge in [0, 0.05) is 0 Å². The zero-order chi connectivity index (χ0) is 11.5. The number of aromatic nitrogens is 2. The maximum Gasteiger partial charge on any atom is 0.427 e. The fourth-order valence-corrected chi connectivity index (χ4v) is 1.36. The number of benzene rings is 1. The Kier molecular flexibility index (Phi) is 2.63. The first-order valence-corrected chi connectivity index (χ1v) is 4.57. The lowest BCUT2D eigenvalue weighted by atomic mass is 10.2. The van der Waals surface area contributed by atoms with Crippen LogP contribution in [0.3, 0.4) is 0 Å². The van der Waals surface area contributed by atoms with Gasteiger partial charge in [0.05, 0.1) is 20.3 Å². The lowest BCUT2D eigenvalue weighted by Gasteiger charge is -2.03. The summed E-state index contributed by atoms with van der Waals surface area (Å²) in [6, 6.07) is 5.23. The van der Waals surface area contributed by atoms with Gasteiger partial charge >= 0.3 is 5.63 Å². The summed E-state index contributed by atoms with van der Waals surface area (Å²) in [6.07, 6.45) is 1.28. The number of rotatable bonds is 3. The van der Waals surface area contributed by atoms with Crippen molar-refractivity contribution in [3.63, 3.8) is 0 Å². The molecule has 0 aliphatic carbocycles. The molecule has 0 aliphatic rings. The van der Waals surface area contributed by atoms with E-state index in [1.807, 2.05) is 0 Å². The summed E-state index contributed by atoms with van der Waals surface area (Å²) >= 11 is 0. The zero-order valence-corrected chi connectivity index (χ0v) is 8.89. The second-order valence-electron chi connectivity index (χ2n) is 3.05. The van der Waals surface area contributed by atoms with Gasteiger partial charge in [-0.2, -0.15) is 0 Å². The number of ether oxygens (including phenoxy) is 2. The van der Waals surface area contributed by atoms with Crippen molar-refractivity contribution in [3.8, 4) is 17.2 Å². The van der Waals surface area contributed by atoms with Crippen LogP contribution in [-0.4, -0.2) is 19.5 Å². The summed E-state index contributed by atoms with van der Waals surface area (Å²) in [5.41, 5.74) is 0.164. The molecule has 6 heteroatoms. The Morgan fingerprint density at radius 1 is 1.31 bits per heavy atom. The van der Waals surface area contributed by atoms with Gasteiger partial charge in [-0.3, -0.25) is 4.52 Å². The summed E-state index contributed by atoms with van der Waals surface area (Å²) < 4.78 is 16.3. The number of H-pyrrole nitrogens is 1. The molecule has 1 heterocycles. The van der Waals surface area contributed by atoms with Crippen LogP contribution < -0.4 is 19.8 Å². The molecule has 1 aromatic heterocycles. The zero-order valence-electron chi connectivity index (χ0n) is 8.89. The van der Waals surface area contributed by atoms with Crippen LogP contribution >= 0.6 is 0 Å². The van der Waals surface area contributed by atoms with Gasteiger partial charge in [0.1, 0.15) is 5.75 Å². The average molecular weight is 223 g/mol. The molecule has 0 spiro atoms. The van der Waals surface area contributed by atoms with Gasteiger partial charge in [0.2, 0.25) is 0 Å². The summed E-state index contributed by atoms with van der Waals surface area (Å²) in [5, 5.41) is 2.44. The molecule has 1 N–H and O–H groups in total. The monoisotopic (exact) mass is 223 g/mol. The Morgan fingerprint density at radius 2 is 2.12 bits per heavy atom. The SMILES string of the molecule is COc1ccc(OC)c(-[n+]2cc(=O)o[nH]2)c1. The Balaban J connectivity index is 2.56. The third kappa shape index (κ3) is 1.77. The molecule has 0 radical (unpaired) electrons. The minimum absolute atomic E-state index is 0.468. The van der Waals surface area contributed by atoms with Crippen LogP contribution in [-0.2, 0) is 0 Å². The highest BCUT2D eigenvalue weighted by Gasteiger charge is 2.18. The van der Waals surface area contributed by atoms with E-state index in [1.165, 1.54) is 10.9 Å². The number of hydrogen-bond donors (Lipinski definition) is 1. The van der Waals surface area contributed by atoms with Crippen LogP contribution in [0.1, 0.15) is 0 Å². The van der Waals surface area contributed by atoms with Crippen LogP contribution in [0.4, 0.5) is 0 Å². The van der Waals surface area contributed by atoms with Crippen molar-refractivity contribution in [3.05, 3.63) is 34.8 Å². The van der Waals surface area contributed by atoms with Crippen molar-refractivity contribution in [1.29, 1.82) is 0 Å². The molecule has 2 rings (SSSR count). The van der Waals surface area contributed by atoms with Crippen molar-refractivity contribution in [2.75, 3.05) is 14.2 Å². The molecule has 0 amide bonds. The molecule has 0 bridgehead atoms. The van der Waals surface area contributed by atoms with Gasteiger partial charge in [-0.25, -0.2) is 4.79 Å². The fraction of sp³-hybridized carbons (Fsp3) is 0.200. The first-order chi connectivity index (χ1) is 7.74. The van der Waals surface area contributed by atoms with Crippen molar-refractivity contribution in [2.24, 2.45) is 0 Å². The van der Waals surface area contributed by atoms with Gasteiger partial charge in [0.25, 0.3) is 11.9 Å². The predicted molar refractivity (Wildman–Crippen MR) is 54.0 cm³/mol. The largest absolute Gasteiger partial charge is 0.496 e. The van der Waals surface area contributed by atoms with E-state index in [4.69, 9.17) is 9.47 Å². The number of hydrogen-bond acceptors (Lipinski definition) is 4. The highest BCUT2D eigenvalue weighted by atomic mass is 16.5. The molecule has 84 valence electrons. The third-order valence-corrected chi connectivity index (χ3v) is 2.12. The predicted octanol–water partition coefficient (Wildman–Crippen LogP) is 0.262.